The van der Waals surface area contributed by atoms with E-state index < -0.39 is 0 Å². The third-order valence-corrected chi connectivity index (χ3v) is 6.36. The second-order valence-electron chi connectivity index (χ2n) is 7.15. The van der Waals surface area contributed by atoms with Crippen molar-refractivity contribution in [1.82, 2.24) is 19.3 Å². The number of halogens is 1. The van der Waals surface area contributed by atoms with Crippen LogP contribution >= 0.6 is 23.4 Å². The van der Waals surface area contributed by atoms with Crippen molar-refractivity contribution in [2.24, 2.45) is 0 Å². The van der Waals surface area contributed by atoms with Crippen molar-refractivity contribution >= 4 is 34.4 Å². The van der Waals surface area contributed by atoms with Crippen LogP contribution in [0.2, 0.25) is 5.02 Å². The fraction of sp³-hybridized carbons (Fsp3) is 0.261. The molecule has 160 valence electrons. The first-order valence-corrected chi connectivity index (χ1v) is 11.3. The van der Waals surface area contributed by atoms with E-state index in [-0.39, 0.29) is 5.56 Å². The average Bonchev–Trinajstić information content (AvgIpc) is 3.11. The van der Waals surface area contributed by atoms with Gasteiger partial charge in [-0.2, -0.15) is 5.10 Å². The Labute approximate surface area is 189 Å². The van der Waals surface area contributed by atoms with Gasteiger partial charge in [-0.15, -0.1) is 0 Å². The number of aryl methyl sites for hydroxylation is 2. The zero-order chi connectivity index (χ0) is 22.0. The standard InChI is InChI=1S/C23H23ClN4O2S/c1-4-28-21-20(15(2)26-28)25-23(31-14-17-5-9-18(24)10-6-17)27(22(21)29)13-16-7-11-19(30-3)12-8-16/h5-12H,4,13-14H2,1-3H3. The number of methoxy groups -OCH3 is 1. The molecular weight excluding hydrogens is 432 g/mol. The second-order valence-corrected chi connectivity index (χ2v) is 8.53. The quantitative estimate of drug-likeness (QED) is 0.293. The van der Waals surface area contributed by atoms with Crippen LogP contribution in [0.5, 0.6) is 5.75 Å². The number of benzene rings is 2. The molecular formula is C23H23ClN4O2S. The lowest BCUT2D eigenvalue weighted by Gasteiger charge is -2.13. The zero-order valence-corrected chi connectivity index (χ0v) is 19.2. The molecule has 0 fully saturated rings. The maximum absolute atomic E-state index is 13.5. The fourth-order valence-electron chi connectivity index (χ4n) is 3.41. The Kier molecular flexibility index (Phi) is 6.34. The highest BCUT2D eigenvalue weighted by molar-refractivity contribution is 7.98. The molecule has 0 spiro atoms. The SMILES string of the molecule is CCn1nc(C)c2nc(SCc3ccc(Cl)cc3)n(Cc3ccc(OC)cc3)c(=O)c21. The molecule has 0 atom stereocenters. The summed E-state index contributed by atoms with van der Waals surface area (Å²) in [5.41, 5.74) is 4.00. The first-order chi connectivity index (χ1) is 15.0. The summed E-state index contributed by atoms with van der Waals surface area (Å²) in [6.07, 6.45) is 0. The van der Waals surface area contributed by atoms with Crippen molar-refractivity contribution in [3.05, 3.63) is 80.7 Å². The van der Waals surface area contributed by atoms with Gasteiger partial charge in [0.25, 0.3) is 5.56 Å². The van der Waals surface area contributed by atoms with E-state index in [1.807, 2.05) is 62.4 Å². The molecule has 0 unspecified atom stereocenters. The summed E-state index contributed by atoms with van der Waals surface area (Å²) >= 11 is 7.54. The Morgan fingerprint density at radius 1 is 1.06 bits per heavy atom. The van der Waals surface area contributed by atoms with Gasteiger partial charge in [0.05, 0.1) is 19.3 Å². The monoisotopic (exact) mass is 454 g/mol. The minimum Gasteiger partial charge on any atom is -0.497 e. The molecule has 0 saturated heterocycles. The predicted molar refractivity (Wildman–Crippen MR) is 125 cm³/mol. The summed E-state index contributed by atoms with van der Waals surface area (Å²) in [6, 6.07) is 15.4. The van der Waals surface area contributed by atoms with E-state index in [1.54, 1.807) is 16.4 Å². The van der Waals surface area contributed by atoms with Crippen molar-refractivity contribution in [3.8, 4) is 5.75 Å². The van der Waals surface area contributed by atoms with Gasteiger partial charge in [-0.1, -0.05) is 47.6 Å². The van der Waals surface area contributed by atoms with Crippen LogP contribution in [0.1, 0.15) is 23.7 Å². The molecule has 6 nitrogen and oxygen atoms in total. The van der Waals surface area contributed by atoms with Gasteiger partial charge in [0.2, 0.25) is 0 Å². The first-order valence-electron chi connectivity index (χ1n) is 9.98. The van der Waals surface area contributed by atoms with Crippen LogP contribution in [-0.4, -0.2) is 26.4 Å². The Balaban J connectivity index is 1.77. The zero-order valence-electron chi connectivity index (χ0n) is 17.6. The van der Waals surface area contributed by atoms with Crippen LogP contribution in [0.15, 0.2) is 58.5 Å². The van der Waals surface area contributed by atoms with E-state index in [1.165, 1.54) is 11.8 Å². The van der Waals surface area contributed by atoms with Crippen molar-refractivity contribution in [1.29, 1.82) is 0 Å². The Morgan fingerprint density at radius 2 is 1.74 bits per heavy atom. The summed E-state index contributed by atoms with van der Waals surface area (Å²) in [5, 5.41) is 5.88. The summed E-state index contributed by atoms with van der Waals surface area (Å²) in [6.45, 7) is 4.90. The Hall–Kier alpha value is -2.77. The molecule has 8 heteroatoms. The average molecular weight is 455 g/mol. The second kappa shape index (κ2) is 9.16. The van der Waals surface area contributed by atoms with Crippen LogP contribution in [0.3, 0.4) is 0 Å². The molecule has 0 aliphatic rings. The maximum Gasteiger partial charge on any atom is 0.280 e. The molecule has 2 aromatic carbocycles. The number of ether oxygens (including phenoxy) is 1. The molecule has 0 amide bonds. The topological polar surface area (TPSA) is 61.9 Å². The van der Waals surface area contributed by atoms with Gasteiger partial charge in [-0.05, 0) is 49.2 Å². The molecule has 0 aliphatic heterocycles. The number of rotatable bonds is 7. The molecule has 0 N–H and O–H groups in total. The number of nitrogens with zero attached hydrogens (tertiary/aromatic N) is 4. The lowest BCUT2D eigenvalue weighted by molar-refractivity contribution is 0.414. The lowest BCUT2D eigenvalue weighted by Crippen LogP contribution is -2.25. The fourth-order valence-corrected chi connectivity index (χ4v) is 4.48. The molecule has 4 aromatic rings. The smallest absolute Gasteiger partial charge is 0.280 e. The number of aromatic nitrogens is 4. The van der Waals surface area contributed by atoms with Crippen molar-refractivity contribution in [2.45, 2.75) is 37.8 Å². The summed E-state index contributed by atoms with van der Waals surface area (Å²) in [7, 11) is 1.64. The maximum atomic E-state index is 13.5. The van der Waals surface area contributed by atoms with E-state index in [4.69, 9.17) is 21.3 Å². The Bertz CT molecular complexity index is 1260. The summed E-state index contributed by atoms with van der Waals surface area (Å²) < 4.78 is 8.72. The molecule has 31 heavy (non-hydrogen) atoms. The molecule has 0 saturated carbocycles. The lowest BCUT2D eigenvalue weighted by atomic mass is 10.2. The van der Waals surface area contributed by atoms with Crippen LogP contribution in [0.4, 0.5) is 0 Å². The largest absolute Gasteiger partial charge is 0.497 e. The van der Waals surface area contributed by atoms with Gasteiger partial charge in [-0.3, -0.25) is 14.0 Å². The van der Waals surface area contributed by atoms with Crippen LogP contribution < -0.4 is 10.3 Å². The van der Waals surface area contributed by atoms with Crippen LogP contribution in [-0.2, 0) is 18.8 Å². The third kappa shape index (κ3) is 4.48. The Morgan fingerprint density at radius 3 is 2.39 bits per heavy atom. The van der Waals surface area contributed by atoms with E-state index in [2.05, 4.69) is 5.10 Å². The normalized spacial score (nSPS) is 11.2. The van der Waals surface area contributed by atoms with E-state index in [0.29, 0.717) is 40.1 Å². The number of thioether (sulfide) groups is 1. The van der Waals surface area contributed by atoms with Crippen molar-refractivity contribution in [2.75, 3.05) is 7.11 Å². The first kappa shape index (κ1) is 21.5. The highest BCUT2D eigenvalue weighted by Gasteiger charge is 2.18. The minimum absolute atomic E-state index is 0.0816. The van der Waals surface area contributed by atoms with Gasteiger partial charge in [0.15, 0.2) is 10.7 Å². The van der Waals surface area contributed by atoms with Gasteiger partial charge < -0.3 is 4.74 Å². The molecule has 2 aromatic heterocycles. The highest BCUT2D eigenvalue weighted by atomic mass is 35.5. The van der Waals surface area contributed by atoms with Gasteiger partial charge in [0, 0.05) is 17.3 Å². The number of fused-ring (bicyclic) bond motifs is 1. The third-order valence-electron chi connectivity index (χ3n) is 5.06. The van der Waals surface area contributed by atoms with E-state index in [0.717, 1.165) is 22.6 Å². The number of hydrogen-bond donors (Lipinski definition) is 0. The van der Waals surface area contributed by atoms with Crippen LogP contribution in [0, 0.1) is 6.92 Å². The van der Waals surface area contributed by atoms with Crippen molar-refractivity contribution < 1.29 is 4.74 Å². The van der Waals surface area contributed by atoms with Crippen LogP contribution in [0.25, 0.3) is 11.0 Å². The molecule has 2 heterocycles. The predicted octanol–water partition coefficient (Wildman–Crippen LogP) is 4.92. The highest BCUT2D eigenvalue weighted by Crippen LogP contribution is 2.25. The molecule has 0 aliphatic carbocycles. The summed E-state index contributed by atoms with van der Waals surface area (Å²) in [4.78, 5) is 18.4. The minimum atomic E-state index is -0.0816. The van der Waals surface area contributed by atoms with E-state index >= 15 is 0 Å². The van der Waals surface area contributed by atoms with E-state index in [9.17, 15) is 4.79 Å². The molecule has 0 bridgehead atoms. The summed E-state index contributed by atoms with van der Waals surface area (Å²) in [5.74, 6) is 1.46. The molecule has 0 radical (unpaired) electrons. The van der Waals surface area contributed by atoms with Gasteiger partial charge >= 0.3 is 0 Å². The molecule has 4 rings (SSSR count). The number of hydrogen-bond acceptors (Lipinski definition) is 5. The van der Waals surface area contributed by atoms with Gasteiger partial charge in [-0.25, -0.2) is 4.98 Å². The van der Waals surface area contributed by atoms with Gasteiger partial charge in [0.1, 0.15) is 11.3 Å². The van der Waals surface area contributed by atoms with Crippen molar-refractivity contribution in [3.63, 3.8) is 0 Å².